The Labute approximate surface area is 115 Å². The van der Waals surface area contributed by atoms with Crippen molar-refractivity contribution in [1.29, 1.82) is 0 Å². The van der Waals surface area contributed by atoms with E-state index in [9.17, 15) is 9.59 Å². The maximum absolute atomic E-state index is 11.8. The number of benzene rings is 1. The molecular weight excluding hydrogens is 260 g/mol. The highest BCUT2D eigenvalue weighted by Gasteiger charge is 2.12. The van der Waals surface area contributed by atoms with Crippen LogP contribution in [0, 0.1) is 0 Å². The summed E-state index contributed by atoms with van der Waals surface area (Å²) >= 11 is 0. The molecule has 0 saturated heterocycles. The lowest BCUT2D eigenvalue weighted by Gasteiger charge is -2.07. The van der Waals surface area contributed by atoms with Crippen molar-refractivity contribution in [3.05, 3.63) is 47.8 Å². The minimum Gasteiger partial charge on any atom is -0.478 e. The zero-order valence-electron chi connectivity index (χ0n) is 10.7. The van der Waals surface area contributed by atoms with Gasteiger partial charge in [-0.05, 0) is 11.6 Å². The second kappa shape index (κ2) is 6.46. The first kappa shape index (κ1) is 13.7. The molecule has 7 nitrogen and oxygen atoms in total. The molecule has 20 heavy (non-hydrogen) atoms. The topological polar surface area (TPSA) is 97.1 Å². The Morgan fingerprint density at radius 2 is 2.10 bits per heavy atom. The number of nitrogens with zero attached hydrogens (tertiary/aromatic N) is 3. The minimum atomic E-state index is -1.03. The van der Waals surface area contributed by atoms with E-state index in [-0.39, 0.29) is 17.9 Å². The van der Waals surface area contributed by atoms with E-state index in [1.165, 1.54) is 6.07 Å². The summed E-state index contributed by atoms with van der Waals surface area (Å²) in [4.78, 5) is 22.8. The van der Waals surface area contributed by atoms with Gasteiger partial charge in [0.15, 0.2) is 0 Å². The highest BCUT2D eigenvalue weighted by molar-refractivity contribution is 5.91. The van der Waals surface area contributed by atoms with E-state index in [0.717, 1.165) is 0 Å². The summed E-state index contributed by atoms with van der Waals surface area (Å²) in [6.07, 6.45) is 3.30. The van der Waals surface area contributed by atoms with Gasteiger partial charge in [-0.3, -0.25) is 9.48 Å². The number of aromatic nitrogens is 3. The molecule has 0 radical (unpaired) electrons. The third-order valence-corrected chi connectivity index (χ3v) is 2.73. The lowest BCUT2D eigenvalue weighted by molar-refractivity contribution is -0.120. The van der Waals surface area contributed by atoms with Crippen LogP contribution in [0.15, 0.2) is 36.7 Å². The van der Waals surface area contributed by atoms with Crippen LogP contribution in [0.2, 0.25) is 0 Å². The summed E-state index contributed by atoms with van der Waals surface area (Å²) in [6, 6.07) is 6.47. The van der Waals surface area contributed by atoms with Gasteiger partial charge >= 0.3 is 5.97 Å². The summed E-state index contributed by atoms with van der Waals surface area (Å²) in [7, 11) is 0. The summed E-state index contributed by atoms with van der Waals surface area (Å²) in [5.74, 6) is -1.25. The van der Waals surface area contributed by atoms with Crippen molar-refractivity contribution < 1.29 is 14.7 Å². The van der Waals surface area contributed by atoms with Crippen LogP contribution in [0.1, 0.15) is 15.9 Å². The zero-order valence-corrected chi connectivity index (χ0v) is 10.7. The number of hydrogen-bond donors (Lipinski definition) is 2. The lowest BCUT2D eigenvalue weighted by atomic mass is 10.0. The van der Waals surface area contributed by atoms with Crippen molar-refractivity contribution in [2.45, 2.75) is 13.0 Å². The number of hydrogen-bond acceptors (Lipinski definition) is 4. The van der Waals surface area contributed by atoms with Crippen LogP contribution in [0.25, 0.3) is 0 Å². The predicted octanol–water partition coefficient (Wildman–Crippen LogP) is 0.335. The standard InChI is InChI=1S/C13H14N4O3/c18-12(14-5-7-17-8-6-15-16-17)9-10-3-1-2-4-11(10)13(19)20/h1-4,6,8H,5,7,9H2,(H,14,18)(H,19,20). The van der Waals surface area contributed by atoms with Crippen molar-refractivity contribution in [1.82, 2.24) is 20.3 Å². The van der Waals surface area contributed by atoms with E-state index < -0.39 is 5.97 Å². The molecule has 7 heteroatoms. The Morgan fingerprint density at radius 3 is 2.80 bits per heavy atom. The van der Waals surface area contributed by atoms with E-state index in [0.29, 0.717) is 18.7 Å². The van der Waals surface area contributed by atoms with Crippen molar-refractivity contribution in [3.8, 4) is 0 Å². The van der Waals surface area contributed by atoms with Gasteiger partial charge < -0.3 is 10.4 Å². The fourth-order valence-electron chi connectivity index (χ4n) is 1.78. The maximum atomic E-state index is 11.8. The Kier molecular flexibility index (Phi) is 4.43. The molecule has 1 heterocycles. The number of carbonyl (C=O) groups is 2. The SMILES string of the molecule is O=C(Cc1ccccc1C(=O)O)NCCn1ccnn1. The molecule has 2 aromatic rings. The first-order chi connectivity index (χ1) is 9.66. The number of carboxylic acids is 1. The molecule has 0 atom stereocenters. The van der Waals surface area contributed by atoms with E-state index >= 15 is 0 Å². The van der Waals surface area contributed by atoms with Crippen LogP contribution < -0.4 is 5.32 Å². The average Bonchev–Trinajstić information content (AvgIpc) is 2.92. The number of rotatable bonds is 6. The second-order valence-electron chi connectivity index (χ2n) is 4.16. The summed E-state index contributed by atoms with van der Waals surface area (Å²) in [5, 5.41) is 19.2. The fraction of sp³-hybridized carbons (Fsp3) is 0.231. The van der Waals surface area contributed by atoms with Gasteiger partial charge in [-0.25, -0.2) is 4.79 Å². The molecule has 0 saturated carbocycles. The molecule has 0 unspecified atom stereocenters. The molecule has 1 aromatic heterocycles. The van der Waals surface area contributed by atoms with Crippen molar-refractivity contribution in [3.63, 3.8) is 0 Å². The van der Waals surface area contributed by atoms with Gasteiger partial charge in [-0.2, -0.15) is 0 Å². The summed E-state index contributed by atoms with van der Waals surface area (Å²) < 4.78 is 1.60. The Hall–Kier alpha value is -2.70. The second-order valence-corrected chi connectivity index (χ2v) is 4.16. The molecule has 2 N–H and O–H groups in total. The fourth-order valence-corrected chi connectivity index (χ4v) is 1.78. The highest BCUT2D eigenvalue weighted by Crippen LogP contribution is 2.09. The quantitative estimate of drug-likeness (QED) is 0.791. The molecule has 0 aliphatic heterocycles. The molecular formula is C13H14N4O3. The molecule has 0 spiro atoms. The summed E-state index contributed by atoms with van der Waals surface area (Å²) in [5.41, 5.74) is 0.650. The maximum Gasteiger partial charge on any atom is 0.335 e. The molecule has 0 fully saturated rings. The first-order valence-electron chi connectivity index (χ1n) is 6.09. The number of carbonyl (C=O) groups excluding carboxylic acids is 1. The lowest BCUT2D eigenvalue weighted by Crippen LogP contribution is -2.29. The van der Waals surface area contributed by atoms with Gasteiger partial charge in [0.05, 0.1) is 24.7 Å². The number of aromatic carboxylic acids is 1. The van der Waals surface area contributed by atoms with E-state index in [1.54, 1.807) is 35.3 Å². The van der Waals surface area contributed by atoms with Crippen LogP contribution in [0.5, 0.6) is 0 Å². The number of nitrogens with one attached hydrogen (secondary N) is 1. The zero-order chi connectivity index (χ0) is 14.4. The molecule has 1 amide bonds. The highest BCUT2D eigenvalue weighted by atomic mass is 16.4. The first-order valence-corrected chi connectivity index (χ1v) is 6.09. The van der Waals surface area contributed by atoms with Gasteiger partial charge in [-0.1, -0.05) is 23.4 Å². The van der Waals surface area contributed by atoms with Gasteiger partial charge in [0.1, 0.15) is 0 Å². The van der Waals surface area contributed by atoms with Crippen molar-refractivity contribution >= 4 is 11.9 Å². The molecule has 104 valence electrons. The smallest absolute Gasteiger partial charge is 0.335 e. The molecule has 0 aliphatic carbocycles. The summed E-state index contributed by atoms with van der Waals surface area (Å²) in [6.45, 7) is 0.934. The van der Waals surface area contributed by atoms with Gasteiger partial charge in [-0.15, -0.1) is 5.10 Å². The predicted molar refractivity (Wildman–Crippen MR) is 70.1 cm³/mol. The van der Waals surface area contributed by atoms with Crippen molar-refractivity contribution in [2.75, 3.05) is 6.54 Å². The van der Waals surface area contributed by atoms with Crippen LogP contribution >= 0.6 is 0 Å². The largest absolute Gasteiger partial charge is 0.478 e. The Balaban J connectivity index is 1.87. The van der Waals surface area contributed by atoms with Crippen LogP contribution in [0.3, 0.4) is 0 Å². The van der Waals surface area contributed by atoms with Gasteiger partial charge in [0.2, 0.25) is 5.91 Å². The molecule has 2 rings (SSSR count). The third kappa shape index (κ3) is 3.64. The number of carboxylic acid groups (broad SMARTS) is 1. The molecule has 0 aliphatic rings. The Bertz CT molecular complexity index is 595. The van der Waals surface area contributed by atoms with Crippen LogP contribution in [0.4, 0.5) is 0 Å². The third-order valence-electron chi connectivity index (χ3n) is 2.73. The normalized spacial score (nSPS) is 10.2. The van der Waals surface area contributed by atoms with Crippen molar-refractivity contribution in [2.24, 2.45) is 0 Å². The molecule has 1 aromatic carbocycles. The minimum absolute atomic E-state index is 0.0415. The van der Waals surface area contributed by atoms with E-state index in [4.69, 9.17) is 5.11 Å². The molecule has 0 bridgehead atoms. The van der Waals surface area contributed by atoms with Crippen LogP contribution in [-0.2, 0) is 17.8 Å². The Morgan fingerprint density at radius 1 is 1.30 bits per heavy atom. The van der Waals surface area contributed by atoms with E-state index in [2.05, 4.69) is 15.6 Å². The average molecular weight is 274 g/mol. The van der Waals surface area contributed by atoms with E-state index in [1.807, 2.05) is 0 Å². The van der Waals surface area contributed by atoms with Crippen LogP contribution in [-0.4, -0.2) is 38.5 Å². The number of amides is 1. The van der Waals surface area contributed by atoms with Gasteiger partial charge in [0, 0.05) is 12.7 Å². The monoisotopic (exact) mass is 274 g/mol. The van der Waals surface area contributed by atoms with Gasteiger partial charge in [0.25, 0.3) is 0 Å².